The molecule has 2 heteroatoms. The quantitative estimate of drug-likeness (QED) is 0.446. The largest absolute Gasteiger partial charge is 0.0759 e. The molecule has 28 heavy (non-hydrogen) atoms. The SMILES string of the molecule is C[Si](C)(C)[C@H]1C=C(CCC2=C[C@H]([Si](C)(C)C)c3ccccc32)c2ccccc21. The van der Waals surface area contributed by atoms with Gasteiger partial charge < -0.3 is 0 Å². The molecule has 0 nitrogen and oxygen atoms in total. The first-order valence-corrected chi connectivity index (χ1v) is 17.9. The highest BCUT2D eigenvalue weighted by Gasteiger charge is 2.35. The zero-order valence-electron chi connectivity index (χ0n) is 18.3. The first kappa shape index (κ1) is 19.7. The van der Waals surface area contributed by atoms with Crippen LogP contribution in [0.5, 0.6) is 0 Å². The molecule has 0 unspecified atom stereocenters. The maximum Gasteiger partial charge on any atom is 0.0566 e. The second kappa shape index (κ2) is 7.00. The monoisotopic (exact) mass is 402 g/mol. The van der Waals surface area contributed by atoms with Gasteiger partial charge in [-0.2, -0.15) is 0 Å². The van der Waals surface area contributed by atoms with Gasteiger partial charge in [-0.25, -0.2) is 0 Å². The van der Waals surface area contributed by atoms with Gasteiger partial charge in [0, 0.05) is 0 Å². The molecule has 0 saturated carbocycles. The van der Waals surface area contributed by atoms with Crippen molar-refractivity contribution in [2.75, 3.05) is 0 Å². The van der Waals surface area contributed by atoms with Crippen molar-refractivity contribution >= 4 is 27.3 Å². The molecule has 0 aliphatic heterocycles. The Labute approximate surface area is 173 Å². The molecule has 4 rings (SSSR count). The van der Waals surface area contributed by atoms with Crippen LogP contribution in [-0.4, -0.2) is 16.1 Å². The number of benzene rings is 2. The minimum absolute atomic E-state index is 0.665. The minimum atomic E-state index is -1.26. The van der Waals surface area contributed by atoms with E-state index in [2.05, 4.69) is 100.0 Å². The molecule has 0 spiro atoms. The molecule has 0 N–H and O–H groups in total. The van der Waals surface area contributed by atoms with Gasteiger partial charge in [0.2, 0.25) is 0 Å². The van der Waals surface area contributed by atoms with Crippen molar-refractivity contribution in [2.45, 2.75) is 63.2 Å². The molecule has 0 amide bonds. The molecule has 0 saturated heterocycles. The summed E-state index contributed by atoms with van der Waals surface area (Å²) in [7, 11) is -2.51. The van der Waals surface area contributed by atoms with E-state index in [1.165, 1.54) is 11.1 Å². The first-order chi connectivity index (χ1) is 13.2. The molecule has 2 atom stereocenters. The molecule has 0 heterocycles. The van der Waals surface area contributed by atoms with E-state index >= 15 is 0 Å². The average Bonchev–Trinajstić information content (AvgIpc) is 3.18. The van der Waals surface area contributed by atoms with Crippen LogP contribution < -0.4 is 0 Å². The predicted molar refractivity (Wildman–Crippen MR) is 130 cm³/mol. The standard InChI is InChI=1S/C26H34Si2/c1-27(2,3)25-17-19(21-11-7-9-13-23(21)25)15-16-20-18-26(28(4,5)6)24-14-10-8-12-22(20)24/h7-14,17-18,25-26H,15-16H2,1-6H3/t25-,26-/m0/s1. The Balaban J connectivity index is 1.62. The van der Waals surface area contributed by atoms with Gasteiger partial charge in [-0.05, 0) is 57.3 Å². The lowest BCUT2D eigenvalue weighted by Gasteiger charge is -2.24. The van der Waals surface area contributed by atoms with E-state index in [9.17, 15) is 0 Å². The summed E-state index contributed by atoms with van der Waals surface area (Å²) in [4.78, 5) is 0. The first-order valence-electron chi connectivity index (χ1n) is 10.8. The average molecular weight is 403 g/mol. The van der Waals surface area contributed by atoms with Crippen molar-refractivity contribution in [3.8, 4) is 0 Å². The van der Waals surface area contributed by atoms with Crippen molar-refractivity contribution in [3.63, 3.8) is 0 Å². The fraction of sp³-hybridized carbons (Fsp3) is 0.385. The Morgan fingerprint density at radius 2 is 0.929 bits per heavy atom. The summed E-state index contributed by atoms with van der Waals surface area (Å²) in [5.74, 6) is 0. The van der Waals surface area contributed by atoms with Crippen molar-refractivity contribution in [3.05, 3.63) is 82.9 Å². The van der Waals surface area contributed by atoms with Gasteiger partial charge in [0.15, 0.2) is 0 Å². The Morgan fingerprint density at radius 1 is 0.571 bits per heavy atom. The van der Waals surface area contributed by atoms with Gasteiger partial charge in [0.1, 0.15) is 0 Å². The van der Waals surface area contributed by atoms with Crippen LogP contribution in [0.25, 0.3) is 11.1 Å². The number of fused-ring (bicyclic) bond motifs is 2. The minimum Gasteiger partial charge on any atom is -0.0759 e. The van der Waals surface area contributed by atoms with Crippen molar-refractivity contribution in [1.82, 2.24) is 0 Å². The summed E-state index contributed by atoms with van der Waals surface area (Å²) >= 11 is 0. The summed E-state index contributed by atoms with van der Waals surface area (Å²) < 4.78 is 0. The summed E-state index contributed by atoms with van der Waals surface area (Å²) in [5, 5.41) is 0. The molecule has 2 aromatic carbocycles. The van der Waals surface area contributed by atoms with Gasteiger partial charge >= 0.3 is 0 Å². The smallest absolute Gasteiger partial charge is 0.0566 e. The molecule has 0 bridgehead atoms. The molecule has 0 radical (unpaired) electrons. The normalized spacial score (nSPS) is 21.2. The molecular formula is C26H34Si2. The van der Waals surface area contributed by atoms with E-state index in [0.717, 1.165) is 12.8 Å². The van der Waals surface area contributed by atoms with Gasteiger partial charge in [0.05, 0.1) is 16.1 Å². The van der Waals surface area contributed by atoms with Crippen molar-refractivity contribution in [1.29, 1.82) is 0 Å². The van der Waals surface area contributed by atoms with E-state index in [4.69, 9.17) is 0 Å². The van der Waals surface area contributed by atoms with Gasteiger partial charge in [-0.3, -0.25) is 0 Å². The Bertz CT molecular complexity index is 871. The highest BCUT2D eigenvalue weighted by atomic mass is 28.3. The number of hydrogen-bond donors (Lipinski definition) is 0. The fourth-order valence-electron chi connectivity index (χ4n) is 5.02. The maximum atomic E-state index is 2.62. The Morgan fingerprint density at radius 3 is 1.29 bits per heavy atom. The van der Waals surface area contributed by atoms with Crippen LogP contribution in [0.2, 0.25) is 39.3 Å². The third-order valence-corrected chi connectivity index (χ3v) is 11.2. The highest BCUT2D eigenvalue weighted by Crippen LogP contribution is 2.46. The van der Waals surface area contributed by atoms with Crippen molar-refractivity contribution < 1.29 is 0 Å². The third kappa shape index (κ3) is 3.53. The topological polar surface area (TPSA) is 0 Å². The molecule has 2 aliphatic carbocycles. The van der Waals surface area contributed by atoms with Crippen LogP contribution in [-0.2, 0) is 0 Å². The van der Waals surface area contributed by atoms with Crippen LogP contribution >= 0.6 is 0 Å². The summed E-state index contributed by atoms with van der Waals surface area (Å²) in [6.07, 6.45) is 7.57. The van der Waals surface area contributed by atoms with Crippen LogP contribution in [0, 0.1) is 0 Å². The summed E-state index contributed by atoms with van der Waals surface area (Å²) in [6, 6.07) is 18.3. The number of rotatable bonds is 5. The second-order valence-electron chi connectivity index (χ2n) is 10.7. The summed E-state index contributed by atoms with van der Waals surface area (Å²) in [6.45, 7) is 15.0. The van der Waals surface area contributed by atoms with E-state index in [-0.39, 0.29) is 0 Å². The Hall–Kier alpha value is -1.65. The fourth-order valence-corrected chi connectivity index (χ4v) is 8.79. The van der Waals surface area contributed by atoms with E-state index in [1.807, 2.05) is 0 Å². The van der Waals surface area contributed by atoms with Crippen LogP contribution in [0.4, 0.5) is 0 Å². The molecule has 0 fully saturated rings. The third-order valence-electron chi connectivity index (χ3n) is 6.55. The van der Waals surface area contributed by atoms with Crippen molar-refractivity contribution in [2.24, 2.45) is 0 Å². The van der Waals surface area contributed by atoms with Crippen LogP contribution in [0.15, 0.2) is 60.7 Å². The van der Waals surface area contributed by atoms with E-state index < -0.39 is 16.1 Å². The van der Waals surface area contributed by atoms with Gasteiger partial charge in [-0.1, -0.05) is 100.0 Å². The molecule has 0 aromatic heterocycles. The molecule has 2 aromatic rings. The lowest BCUT2D eigenvalue weighted by atomic mass is 9.97. The van der Waals surface area contributed by atoms with Crippen LogP contribution in [0.3, 0.4) is 0 Å². The van der Waals surface area contributed by atoms with E-state index in [1.54, 1.807) is 22.3 Å². The second-order valence-corrected chi connectivity index (χ2v) is 21.5. The number of hydrogen-bond acceptors (Lipinski definition) is 0. The molecular weight excluding hydrogens is 368 g/mol. The van der Waals surface area contributed by atoms with Gasteiger partial charge in [0.25, 0.3) is 0 Å². The number of allylic oxidation sites excluding steroid dienone is 4. The van der Waals surface area contributed by atoms with Crippen LogP contribution in [0.1, 0.15) is 46.2 Å². The lowest BCUT2D eigenvalue weighted by molar-refractivity contribution is 1.09. The maximum absolute atomic E-state index is 2.62. The molecule has 2 aliphatic rings. The zero-order valence-corrected chi connectivity index (χ0v) is 20.3. The van der Waals surface area contributed by atoms with Gasteiger partial charge in [-0.15, -0.1) is 0 Å². The predicted octanol–water partition coefficient (Wildman–Crippen LogP) is 7.88. The molecule has 146 valence electrons. The lowest BCUT2D eigenvalue weighted by Crippen LogP contribution is -2.28. The Kier molecular flexibility index (Phi) is 4.91. The zero-order chi connectivity index (χ0) is 20.1. The summed E-state index contributed by atoms with van der Waals surface area (Å²) in [5.41, 5.74) is 10.7. The highest BCUT2D eigenvalue weighted by molar-refractivity contribution is 6.78. The van der Waals surface area contributed by atoms with E-state index in [0.29, 0.717) is 11.1 Å².